The van der Waals surface area contributed by atoms with Crippen LogP contribution in [-0.2, 0) is 0 Å². The van der Waals surface area contributed by atoms with Gasteiger partial charge in [-0.25, -0.2) is 0 Å². The van der Waals surface area contributed by atoms with Gasteiger partial charge in [-0.05, 0) is 30.6 Å². The molecule has 0 bridgehead atoms. The molecule has 1 aliphatic rings. The maximum atomic E-state index is 9.77. The van der Waals surface area contributed by atoms with Crippen molar-refractivity contribution in [3.05, 3.63) is 0 Å². The molecule has 1 aliphatic carbocycles. The third kappa shape index (κ3) is 3.76. The predicted octanol–water partition coefficient (Wildman–Crippen LogP) is 2.42. The van der Waals surface area contributed by atoms with Gasteiger partial charge in [0.2, 0.25) is 0 Å². The number of rotatable bonds is 4. The second-order valence-electron chi connectivity index (χ2n) is 5.63. The van der Waals surface area contributed by atoms with E-state index in [9.17, 15) is 5.11 Å². The van der Waals surface area contributed by atoms with Crippen molar-refractivity contribution >= 4 is 0 Å². The minimum Gasteiger partial charge on any atom is -0.392 e. The molecule has 1 rings (SSSR count). The fourth-order valence-corrected chi connectivity index (χ4v) is 2.58. The maximum Gasteiger partial charge on any atom is 0.0687 e. The van der Waals surface area contributed by atoms with E-state index in [1.54, 1.807) is 0 Å². The molecule has 1 fully saturated rings. The summed E-state index contributed by atoms with van der Waals surface area (Å²) in [6.07, 6.45) is 3.83. The summed E-state index contributed by atoms with van der Waals surface area (Å²) in [5.41, 5.74) is 0. The molecule has 15 heavy (non-hydrogen) atoms. The fraction of sp³-hybridized carbons (Fsp3) is 1.00. The quantitative estimate of drug-likeness (QED) is 0.751. The van der Waals surface area contributed by atoms with E-state index in [0.717, 1.165) is 18.4 Å². The second-order valence-corrected chi connectivity index (χ2v) is 5.63. The lowest BCUT2D eigenvalue weighted by molar-refractivity contribution is 0.105. The zero-order chi connectivity index (χ0) is 11.4. The SMILES string of the molecule is CC(C)C(O)CNC1C(C)CCCC1C. The molecular formula is C13H27NO. The topological polar surface area (TPSA) is 32.3 Å². The van der Waals surface area contributed by atoms with Gasteiger partial charge in [-0.1, -0.05) is 34.1 Å². The van der Waals surface area contributed by atoms with Gasteiger partial charge in [-0.15, -0.1) is 0 Å². The lowest BCUT2D eigenvalue weighted by Gasteiger charge is -2.36. The van der Waals surface area contributed by atoms with Gasteiger partial charge in [0.05, 0.1) is 6.10 Å². The van der Waals surface area contributed by atoms with Crippen LogP contribution in [0.2, 0.25) is 0 Å². The molecule has 0 aliphatic heterocycles. The second kappa shape index (κ2) is 5.86. The molecule has 0 radical (unpaired) electrons. The van der Waals surface area contributed by atoms with Gasteiger partial charge >= 0.3 is 0 Å². The molecule has 0 saturated heterocycles. The average Bonchev–Trinajstić information content (AvgIpc) is 2.16. The van der Waals surface area contributed by atoms with Crippen molar-refractivity contribution in [2.45, 2.75) is 59.1 Å². The van der Waals surface area contributed by atoms with E-state index < -0.39 is 0 Å². The van der Waals surface area contributed by atoms with Crippen LogP contribution in [0.25, 0.3) is 0 Å². The molecule has 0 spiro atoms. The number of hydrogen-bond donors (Lipinski definition) is 2. The molecular weight excluding hydrogens is 186 g/mol. The third-order valence-corrected chi connectivity index (χ3v) is 3.88. The molecule has 2 N–H and O–H groups in total. The molecule has 0 amide bonds. The first-order valence-electron chi connectivity index (χ1n) is 6.43. The van der Waals surface area contributed by atoms with Crippen molar-refractivity contribution < 1.29 is 5.11 Å². The summed E-state index contributed by atoms with van der Waals surface area (Å²) >= 11 is 0. The molecule has 2 nitrogen and oxygen atoms in total. The van der Waals surface area contributed by atoms with Crippen LogP contribution >= 0.6 is 0 Å². The number of aliphatic hydroxyl groups excluding tert-OH is 1. The first-order valence-corrected chi connectivity index (χ1v) is 6.43. The van der Waals surface area contributed by atoms with Crippen LogP contribution in [0.15, 0.2) is 0 Å². The zero-order valence-electron chi connectivity index (χ0n) is 10.7. The van der Waals surface area contributed by atoms with Crippen molar-refractivity contribution in [2.24, 2.45) is 17.8 Å². The Morgan fingerprint density at radius 2 is 1.73 bits per heavy atom. The molecule has 3 atom stereocenters. The number of nitrogens with one attached hydrogen (secondary N) is 1. The van der Waals surface area contributed by atoms with Crippen LogP contribution < -0.4 is 5.32 Å². The van der Waals surface area contributed by atoms with Gasteiger partial charge in [0.15, 0.2) is 0 Å². The monoisotopic (exact) mass is 213 g/mol. The van der Waals surface area contributed by atoms with Crippen molar-refractivity contribution in [3.63, 3.8) is 0 Å². The van der Waals surface area contributed by atoms with E-state index in [-0.39, 0.29) is 6.10 Å². The minimum atomic E-state index is -0.202. The van der Waals surface area contributed by atoms with Crippen LogP contribution in [0.1, 0.15) is 47.0 Å². The van der Waals surface area contributed by atoms with Gasteiger partial charge in [0.1, 0.15) is 0 Å². The van der Waals surface area contributed by atoms with Gasteiger partial charge < -0.3 is 10.4 Å². The van der Waals surface area contributed by atoms with Crippen molar-refractivity contribution in [3.8, 4) is 0 Å². The molecule has 0 aromatic heterocycles. The highest BCUT2D eigenvalue weighted by atomic mass is 16.3. The van der Waals surface area contributed by atoms with E-state index >= 15 is 0 Å². The predicted molar refractivity (Wildman–Crippen MR) is 64.8 cm³/mol. The first-order chi connectivity index (χ1) is 7.02. The van der Waals surface area contributed by atoms with Crippen LogP contribution in [0.5, 0.6) is 0 Å². The van der Waals surface area contributed by atoms with E-state index in [1.165, 1.54) is 19.3 Å². The Kier molecular flexibility index (Phi) is 5.07. The molecule has 3 unspecified atom stereocenters. The third-order valence-electron chi connectivity index (χ3n) is 3.88. The van der Waals surface area contributed by atoms with Gasteiger partial charge in [-0.2, -0.15) is 0 Å². The standard InChI is InChI=1S/C13H27NO/c1-9(2)12(15)8-14-13-10(3)6-5-7-11(13)4/h9-15H,5-8H2,1-4H3. The lowest BCUT2D eigenvalue weighted by Crippen LogP contribution is -2.46. The van der Waals surface area contributed by atoms with Crippen LogP contribution in [0.3, 0.4) is 0 Å². The summed E-state index contributed by atoms with van der Waals surface area (Å²) in [6, 6.07) is 0.604. The number of hydrogen-bond acceptors (Lipinski definition) is 2. The Labute approximate surface area is 94.5 Å². The van der Waals surface area contributed by atoms with E-state index in [2.05, 4.69) is 33.0 Å². The normalized spacial score (nSPS) is 34.4. The maximum absolute atomic E-state index is 9.77. The Hall–Kier alpha value is -0.0800. The summed E-state index contributed by atoms with van der Waals surface area (Å²) in [5, 5.41) is 13.3. The highest BCUT2D eigenvalue weighted by molar-refractivity contribution is 4.84. The van der Waals surface area contributed by atoms with Crippen molar-refractivity contribution in [1.29, 1.82) is 0 Å². The van der Waals surface area contributed by atoms with Gasteiger partial charge in [0, 0.05) is 12.6 Å². The molecule has 0 aromatic rings. The smallest absolute Gasteiger partial charge is 0.0687 e. The Balaban J connectivity index is 2.35. The van der Waals surface area contributed by atoms with E-state index in [4.69, 9.17) is 0 Å². The van der Waals surface area contributed by atoms with Crippen LogP contribution in [0.4, 0.5) is 0 Å². The Morgan fingerprint density at radius 1 is 1.20 bits per heavy atom. The zero-order valence-corrected chi connectivity index (χ0v) is 10.7. The molecule has 0 heterocycles. The highest BCUT2D eigenvalue weighted by Gasteiger charge is 2.27. The lowest BCUT2D eigenvalue weighted by atomic mass is 9.78. The molecule has 2 heteroatoms. The largest absolute Gasteiger partial charge is 0.392 e. The molecule has 90 valence electrons. The summed E-state index contributed by atoms with van der Waals surface area (Å²) in [6.45, 7) is 9.54. The minimum absolute atomic E-state index is 0.202. The van der Waals surface area contributed by atoms with Crippen LogP contribution in [-0.4, -0.2) is 23.8 Å². The number of aliphatic hydroxyl groups is 1. The van der Waals surface area contributed by atoms with Gasteiger partial charge in [0.25, 0.3) is 0 Å². The Morgan fingerprint density at radius 3 is 2.20 bits per heavy atom. The first kappa shape index (κ1) is 13.0. The van der Waals surface area contributed by atoms with Crippen molar-refractivity contribution in [1.82, 2.24) is 5.32 Å². The highest BCUT2D eigenvalue weighted by Crippen LogP contribution is 2.28. The van der Waals surface area contributed by atoms with Gasteiger partial charge in [-0.3, -0.25) is 0 Å². The molecule has 0 aromatic carbocycles. The van der Waals surface area contributed by atoms with Crippen molar-refractivity contribution in [2.75, 3.05) is 6.54 Å². The summed E-state index contributed by atoms with van der Waals surface area (Å²) in [4.78, 5) is 0. The van der Waals surface area contributed by atoms with E-state index in [1.807, 2.05) is 0 Å². The summed E-state index contributed by atoms with van der Waals surface area (Å²) in [7, 11) is 0. The van der Waals surface area contributed by atoms with E-state index in [0.29, 0.717) is 12.0 Å². The summed E-state index contributed by atoms with van der Waals surface area (Å²) < 4.78 is 0. The van der Waals surface area contributed by atoms with Crippen LogP contribution in [0, 0.1) is 17.8 Å². The average molecular weight is 213 g/mol. The summed E-state index contributed by atoms with van der Waals surface area (Å²) in [5.74, 6) is 1.87. The molecule has 1 saturated carbocycles. The Bertz CT molecular complexity index is 171. The fourth-order valence-electron chi connectivity index (χ4n) is 2.58.